The average molecular weight is 312 g/mol. The van der Waals surface area contributed by atoms with Crippen LogP contribution in [0.4, 0.5) is 0 Å². The lowest BCUT2D eigenvalue weighted by Crippen LogP contribution is -2.53. The molecule has 6 nitrogen and oxygen atoms in total. The van der Waals surface area contributed by atoms with Crippen LogP contribution in [0.3, 0.4) is 0 Å². The first-order valence-corrected chi connectivity index (χ1v) is 8.88. The van der Waals surface area contributed by atoms with Gasteiger partial charge in [0.1, 0.15) is 4.90 Å². The van der Waals surface area contributed by atoms with Crippen LogP contribution in [0.1, 0.15) is 19.8 Å². The van der Waals surface area contributed by atoms with Gasteiger partial charge in [0.05, 0.1) is 0 Å². The largest absolute Gasteiger partial charge is 0.329 e. The number of rotatable bonds is 6. The molecule has 0 spiro atoms. The van der Waals surface area contributed by atoms with Crippen molar-refractivity contribution in [3.8, 4) is 0 Å². The van der Waals surface area contributed by atoms with Crippen LogP contribution in [0, 0.1) is 0 Å². The van der Waals surface area contributed by atoms with Crippen LogP contribution in [0.5, 0.6) is 0 Å². The van der Waals surface area contributed by atoms with Crippen LogP contribution in [0.25, 0.3) is 0 Å². The Hall–Kier alpha value is -1.02. The molecule has 2 rings (SSSR count). The van der Waals surface area contributed by atoms with Crippen LogP contribution in [-0.2, 0) is 10.0 Å². The SMILES string of the molecule is CCCC(CN)N1CCN(S(=O)(=O)c2cccnc2)CC1. The third kappa shape index (κ3) is 3.79. The van der Waals surface area contributed by atoms with Gasteiger partial charge in [-0.3, -0.25) is 9.88 Å². The van der Waals surface area contributed by atoms with Crippen LogP contribution >= 0.6 is 0 Å². The molecule has 0 amide bonds. The maximum absolute atomic E-state index is 12.5. The van der Waals surface area contributed by atoms with Gasteiger partial charge >= 0.3 is 0 Å². The molecule has 0 bridgehead atoms. The van der Waals surface area contributed by atoms with E-state index < -0.39 is 10.0 Å². The standard InChI is InChI=1S/C14H24N4O2S/c1-2-4-13(11-15)17-7-9-18(10-8-17)21(19,20)14-5-3-6-16-12-14/h3,5-6,12-13H,2,4,7-11,15H2,1H3. The van der Waals surface area contributed by atoms with E-state index in [-0.39, 0.29) is 4.90 Å². The van der Waals surface area contributed by atoms with Crippen LogP contribution < -0.4 is 5.73 Å². The highest BCUT2D eigenvalue weighted by Gasteiger charge is 2.30. The monoisotopic (exact) mass is 312 g/mol. The minimum absolute atomic E-state index is 0.266. The molecule has 0 radical (unpaired) electrons. The first-order valence-electron chi connectivity index (χ1n) is 7.44. The maximum Gasteiger partial charge on any atom is 0.244 e. The molecule has 2 N–H and O–H groups in total. The zero-order valence-electron chi connectivity index (χ0n) is 12.5. The van der Waals surface area contributed by atoms with Crippen LogP contribution in [0.15, 0.2) is 29.4 Å². The Kier molecular flexibility index (Phi) is 5.69. The number of nitrogens with two attached hydrogens (primary N) is 1. The molecule has 21 heavy (non-hydrogen) atoms. The number of pyridine rings is 1. The second-order valence-electron chi connectivity index (χ2n) is 5.31. The van der Waals surface area contributed by atoms with E-state index in [1.165, 1.54) is 6.20 Å². The second-order valence-corrected chi connectivity index (χ2v) is 7.24. The molecule has 2 heterocycles. The van der Waals surface area contributed by atoms with Gasteiger partial charge in [0, 0.05) is 51.2 Å². The van der Waals surface area contributed by atoms with Gasteiger partial charge in [-0.1, -0.05) is 13.3 Å². The second kappa shape index (κ2) is 7.31. The molecule has 118 valence electrons. The normalized spacial score (nSPS) is 19.5. The molecule has 1 aromatic heterocycles. The zero-order valence-corrected chi connectivity index (χ0v) is 13.3. The lowest BCUT2D eigenvalue weighted by atomic mass is 10.1. The van der Waals surface area contributed by atoms with E-state index in [2.05, 4.69) is 16.8 Å². The fourth-order valence-corrected chi connectivity index (χ4v) is 4.13. The zero-order chi connectivity index (χ0) is 15.3. The van der Waals surface area contributed by atoms with Crippen molar-refractivity contribution in [2.45, 2.75) is 30.7 Å². The van der Waals surface area contributed by atoms with E-state index in [4.69, 9.17) is 5.73 Å². The fourth-order valence-electron chi connectivity index (χ4n) is 2.74. The Morgan fingerprint density at radius 3 is 2.57 bits per heavy atom. The van der Waals surface area contributed by atoms with Crippen molar-refractivity contribution in [1.29, 1.82) is 0 Å². The highest BCUT2D eigenvalue weighted by molar-refractivity contribution is 7.89. The predicted molar refractivity (Wildman–Crippen MR) is 82.3 cm³/mol. The topological polar surface area (TPSA) is 79.5 Å². The smallest absolute Gasteiger partial charge is 0.244 e. The maximum atomic E-state index is 12.5. The summed E-state index contributed by atoms with van der Waals surface area (Å²) in [7, 11) is -3.42. The third-order valence-corrected chi connectivity index (χ3v) is 5.84. The molecule has 1 saturated heterocycles. The summed E-state index contributed by atoms with van der Waals surface area (Å²) in [6, 6.07) is 3.60. The van der Waals surface area contributed by atoms with Gasteiger partial charge in [-0.05, 0) is 18.6 Å². The summed E-state index contributed by atoms with van der Waals surface area (Å²) in [4.78, 5) is 6.46. The summed E-state index contributed by atoms with van der Waals surface area (Å²) in [5.74, 6) is 0. The minimum Gasteiger partial charge on any atom is -0.329 e. The van der Waals surface area contributed by atoms with E-state index in [1.807, 2.05) is 0 Å². The lowest BCUT2D eigenvalue weighted by Gasteiger charge is -2.38. The number of sulfonamides is 1. The van der Waals surface area contributed by atoms with E-state index in [9.17, 15) is 8.42 Å². The number of hydrogen-bond donors (Lipinski definition) is 1. The molecule has 0 saturated carbocycles. The summed E-state index contributed by atoms with van der Waals surface area (Å²) in [6.45, 7) is 5.27. The minimum atomic E-state index is -3.42. The first kappa shape index (κ1) is 16.4. The lowest BCUT2D eigenvalue weighted by molar-refractivity contribution is 0.133. The van der Waals surface area contributed by atoms with Gasteiger partial charge in [0.15, 0.2) is 0 Å². The van der Waals surface area contributed by atoms with E-state index in [1.54, 1.807) is 22.6 Å². The quantitative estimate of drug-likeness (QED) is 0.828. The molecule has 7 heteroatoms. The van der Waals surface area contributed by atoms with Gasteiger partial charge in [0.2, 0.25) is 10.0 Å². The molecule has 0 aliphatic carbocycles. The third-order valence-electron chi connectivity index (χ3n) is 3.96. The number of hydrogen-bond acceptors (Lipinski definition) is 5. The molecule has 1 aliphatic rings. The summed E-state index contributed by atoms with van der Waals surface area (Å²) < 4.78 is 26.5. The Morgan fingerprint density at radius 2 is 2.05 bits per heavy atom. The first-order chi connectivity index (χ1) is 10.1. The molecular formula is C14H24N4O2S. The predicted octanol–water partition coefficient (Wildman–Crippen LogP) is 0.515. The average Bonchev–Trinajstić information content (AvgIpc) is 2.53. The fraction of sp³-hybridized carbons (Fsp3) is 0.643. The molecular weight excluding hydrogens is 288 g/mol. The van der Waals surface area contributed by atoms with Gasteiger partial charge in [-0.2, -0.15) is 4.31 Å². The number of aromatic nitrogens is 1. The summed E-state index contributed by atoms with van der Waals surface area (Å²) in [5.41, 5.74) is 5.82. The molecule has 1 aliphatic heterocycles. The molecule has 1 unspecified atom stereocenters. The van der Waals surface area contributed by atoms with Crippen molar-refractivity contribution < 1.29 is 8.42 Å². The van der Waals surface area contributed by atoms with Crippen LogP contribution in [-0.4, -0.2) is 61.4 Å². The van der Waals surface area contributed by atoms with Crippen molar-refractivity contribution in [3.05, 3.63) is 24.5 Å². The summed E-state index contributed by atoms with van der Waals surface area (Å²) in [6.07, 6.45) is 5.14. The molecule has 1 fully saturated rings. The molecule has 1 atom stereocenters. The summed E-state index contributed by atoms with van der Waals surface area (Å²) in [5, 5.41) is 0. The van der Waals surface area contributed by atoms with Crippen molar-refractivity contribution >= 4 is 10.0 Å². The molecule has 0 aromatic carbocycles. The van der Waals surface area contributed by atoms with Crippen molar-refractivity contribution in [2.75, 3.05) is 32.7 Å². The van der Waals surface area contributed by atoms with Crippen molar-refractivity contribution in [2.24, 2.45) is 5.73 Å². The number of piperazine rings is 1. The Bertz CT molecular complexity index is 527. The van der Waals surface area contributed by atoms with Crippen LogP contribution in [0.2, 0.25) is 0 Å². The Balaban J connectivity index is 2.01. The molecule has 1 aromatic rings. The number of nitrogens with zero attached hydrogens (tertiary/aromatic N) is 3. The Morgan fingerprint density at radius 1 is 1.33 bits per heavy atom. The summed E-state index contributed by atoms with van der Waals surface area (Å²) >= 11 is 0. The Labute approximate surface area is 127 Å². The van der Waals surface area contributed by atoms with E-state index >= 15 is 0 Å². The van der Waals surface area contributed by atoms with Gasteiger partial charge in [0.25, 0.3) is 0 Å². The van der Waals surface area contributed by atoms with Gasteiger partial charge in [-0.15, -0.1) is 0 Å². The van der Waals surface area contributed by atoms with E-state index in [0.717, 1.165) is 25.9 Å². The van der Waals surface area contributed by atoms with Gasteiger partial charge < -0.3 is 5.73 Å². The van der Waals surface area contributed by atoms with Crippen molar-refractivity contribution in [1.82, 2.24) is 14.2 Å². The highest BCUT2D eigenvalue weighted by Crippen LogP contribution is 2.18. The van der Waals surface area contributed by atoms with Gasteiger partial charge in [-0.25, -0.2) is 8.42 Å². The highest BCUT2D eigenvalue weighted by atomic mass is 32.2. The van der Waals surface area contributed by atoms with Crippen molar-refractivity contribution in [3.63, 3.8) is 0 Å². The van der Waals surface area contributed by atoms with E-state index in [0.29, 0.717) is 25.7 Å².